The van der Waals surface area contributed by atoms with E-state index >= 15 is 0 Å². The molecule has 0 saturated carbocycles. The molecule has 172 valence electrons. The first-order valence-electron chi connectivity index (χ1n) is 11.2. The minimum atomic E-state index is -0.735. The van der Waals surface area contributed by atoms with E-state index in [1.165, 1.54) is 11.1 Å². The lowest BCUT2D eigenvalue weighted by Crippen LogP contribution is -2.36. The maximum Gasteiger partial charge on any atom is 0.258 e. The van der Waals surface area contributed by atoms with Crippen molar-refractivity contribution >= 4 is 0 Å². The van der Waals surface area contributed by atoms with Crippen molar-refractivity contribution in [2.45, 2.75) is 38.9 Å². The molecule has 3 aromatic rings. The zero-order chi connectivity index (χ0) is 23.4. The summed E-state index contributed by atoms with van der Waals surface area (Å²) >= 11 is 0. The van der Waals surface area contributed by atoms with Gasteiger partial charge in [0.25, 0.3) is 5.89 Å². The van der Waals surface area contributed by atoms with Gasteiger partial charge in [-0.2, -0.15) is 10.2 Å². The standard InChI is InChI=1S/C25H28N4O4/c1-16(2)32-23-7-6-18(12-19(23)13-26)25-27-24(28-33-25)22-5-3-4-17-8-10-29(11-9-21(17)22)14-20(31)15-30/h3-7,12,16,20,30-31H,8-11,14-15H2,1-2H3. The van der Waals surface area contributed by atoms with Crippen LogP contribution in [0.15, 0.2) is 40.9 Å². The summed E-state index contributed by atoms with van der Waals surface area (Å²) < 4.78 is 11.2. The Kier molecular flexibility index (Phi) is 7.04. The van der Waals surface area contributed by atoms with Gasteiger partial charge >= 0.3 is 0 Å². The van der Waals surface area contributed by atoms with Crippen molar-refractivity contribution in [3.63, 3.8) is 0 Å². The number of nitriles is 1. The van der Waals surface area contributed by atoms with Crippen molar-refractivity contribution in [2.75, 3.05) is 26.2 Å². The zero-order valence-corrected chi connectivity index (χ0v) is 18.9. The molecule has 4 rings (SSSR count). The van der Waals surface area contributed by atoms with Gasteiger partial charge in [0.2, 0.25) is 5.82 Å². The summed E-state index contributed by atoms with van der Waals surface area (Å²) in [5.41, 5.74) is 4.39. The van der Waals surface area contributed by atoms with Crippen molar-refractivity contribution < 1.29 is 19.5 Å². The number of aromatic nitrogens is 2. The number of β-amino-alcohol motifs (C(OH)–C–C–N with tert-alkyl or cyclic N) is 1. The number of hydrogen-bond donors (Lipinski definition) is 2. The summed E-state index contributed by atoms with van der Waals surface area (Å²) in [5.74, 6) is 1.38. The molecule has 0 amide bonds. The first-order chi connectivity index (χ1) is 16.0. The summed E-state index contributed by atoms with van der Waals surface area (Å²) in [5, 5.41) is 32.7. The zero-order valence-electron chi connectivity index (χ0n) is 18.9. The Morgan fingerprint density at radius 3 is 2.79 bits per heavy atom. The van der Waals surface area contributed by atoms with E-state index in [1.54, 1.807) is 12.1 Å². The van der Waals surface area contributed by atoms with Gasteiger partial charge in [-0.05, 0) is 56.0 Å². The van der Waals surface area contributed by atoms with Crippen LogP contribution in [0.1, 0.15) is 30.5 Å². The molecule has 0 spiro atoms. The maximum atomic E-state index is 9.81. The summed E-state index contributed by atoms with van der Waals surface area (Å²) in [6.45, 7) is 5.62. The molecule has 33 heavy (non-hydrogen) atoms. The minimum Gasteiger partial charge on any atom is -0.490 e. The summed E-state index contributed by atoms with van der Waals surface area (Å²) in [7, 11) is 0. The summed E-state index contributed by atoms with van der Waals surface area (Å²) in [6.07, 6.45) is 0.859. The number of hydrogen-bond acceptors (Lipinski definition) is 8. The number of rotatable bonds is 7. The molecular formula is C25H28N4O4. The fourth-order valence-corrected chi connectivity index (χ4v) is 4.13. The summed E-state index contributed by atoms with van der Waals surface area (Å²) in [6, 6.07) is 13.5. The Hall–Kier alpha value is -3.25. The molecule has 1 aromatic heterocycles. The predicted octanol–water partition coefficient (Wildman–Crippen LogP) is 2.82. The van der Waals surface area contributed by atoms with E-state index < -0.39 is 6.10 Å². The quantitative estimate of drug-likeness (QED) is 0.567. The van der Waals surface area contributed by atoms with Gasteiger partial charge in [-0.3, -0.25) is 0 Å². The van der Waals surface area contributed by atoms with Gasteiger partial charge in [-0.25, -0.2) is 0 Å². The molecule has 1 aliphatic heterocycles. The lowest BCUT2D eigenvalue weighted by atomic mass is 9.97. The molecule has 1 atom stereocenters. The lowest BCUT2D eigenvalue weighted by Gasteiger charge is -2.21. The highest BCUT2D eigenvalue weighted by Gasteiger charge is 2.21. The second-order valence-corrected chi connectivity index (χ2v) is 8.49. The Bertz CT molecular complexity index is 1150. The molecule has 2 aromatic carbocycles. The van der Waals surface area contributed by atoms with Gasteiger partial charge in [0.1, 0.15) is 11.8 Å². The Morgan fingerprint density at radius 2 is 2.03 bits per heavy atom. The molecule has 8 nitrogen and oxygen atoms in total. The SMILES string of the molecule is CC(C)Oc1ccc(-c2nc(-c3cccc4c3CCN(CC(O)CO)CC4)no2)cc1C#N. The largest absolute Gasteiger partial charge is 0.490 e. The van der Waals surface area contributed by atoms with Crippen molar-refractivity contribution in [1.82, 2.24) is 15.0 Å². The third-order valence-electron chi connectivity index (χ3n) is 5.70. The van der Waals surface area contributed by atoms with Crippen LogP contribution in [0.25, 0.3) is 22.8 Å². The number of aliphatic hydroxyl groups is 2. The van der Waals surface area contributed by atoms with Crippen LogP contribution in [-0.2, 0) is 12.8 Å². The average molecular weight is 449 g/mol. The summed E-state index contributed by atoms with van der Waals surface area (Å²) in [4.78, 5) is 6.78. The minimum absolute atomic E-state index is 0.0332. The molecule has 1 unspecified atom stereocenters. The normalized spacial score (nSPS) is 15.0. The Labute approximate surface area is 193 Å². The van der Waals surface area contributed by atoms with E-state index in [1.807, 2.05) is 32.0 Å². The topological polar surface area (TPSA) is 116 Å². The van der Waals surface area contributed by atoms with Gasteiger partial charge in [0.15, 0.2) is 0 Å². The molecule has 0 bridgehead atoms. The number of aliphatic hydroxyl groups excluding tert-OH is 2. The van der Waals surface area contributed by atoms with Crippen LogP contribution < -0.4 is 4.74 Å². The van der Waals surface area contributed by atoms with E-state index in [0.717, 1.165) is 31.5 Å². The number of nitrogens with zero attached hydrogens (tertiary/aromatic N) is 4. The van der Waals surface area contributed by atoms with E-state index in [2.05, 4.69) is 27.2 Å². The van der Waals surface area contributed by atoms with Crippen LogP contribution in [0.5, 0.6) is 5.75 Å². The number of benzene rings is 2. The van der Waals surface area contributed by atoms with Gasteiger partial charge in [-0.1, -0.05) is 23.4 Å². The molecule has 8 heteroatoms. The highest BCUT2D eigenvalue weighted by atomic mass is 16.5. The van der Waals surface area contributed by atoms with Gasteiger partial charge in [-0.15, -0.1) is 0 Å². The highest BCUT2D eigenvalue weighted by molar-refractivity contribution is 5.66. The monoisotopic (exact) mass is 448 g/mol. The third kappa shape index (κ3) is 5.22. The Morgan fingerprint density at radius 1 is 1.21 bits per heavy atom. The predicted molar refractivity (Wildman–Crippen MR) is 123 cm³/mol. The van der Waals surface area contributed by atoms with Crippen LogP contribution in [-0.4, -0.2) is 63.7 Å². The number of fused-ring (bicyclic) bond motifs is 1. The fraction of sp³-hybridized carbons (Fsp3) is 0.400. The van der Waals surface area contributed by atoms with E-state index in [9.17, 15) is 10.4 Å². The second-order valence-electron chi connectivity index (χ2n) is 8.49. The molecule has 0 radical (unpaired) electrons. The number of ether oxygens (including phenoxy) is 1. The third-order valence-corrected chi connectivity index (χ3v) is 5.70. The molecule has 1 aliphatic rings. The molecule has 0 aliphatic carbocycles. The van der Waals surface area contributed by atoms with E-state index in [4.69, 9.17) is 14.4 Å². The van der Waals surface area contributed by atoms with Crippen LogP contribution in [0, 0.1) is 11.3 Å². The lowest BCUT2D eigenvalue weighted by molar-refractivity contribution is 0.0605. The van der Waals surface area contributed by atoms with Crippen molar-refractivity contribution in [3.05, 3.63) is 53.1 Å². The second kappa shape index (κ2) is 10.1. The fourth-order valence-electron chi connectivity index (χ4n) is 4.13. The van der Waals surface area contributed by atoms with Crippen molar-refractivity contribution in [3.8, 4) is 34.7 Å². The van der Waals surface area contributed by atoms with E-state index in [-0.39, 0.29) is 12.7 Å². The molecule has 0 fully saturated rings. The van der Waals surface area contributed by atoms with E-state index in [0.29, 0.717) is 35.1 Å². The highest BCUT2D eigenvalue weighted by Crippen LogP contribution is 2.31. The van der Waals surface area contributed by atoms with Gasteiger partial charge in [0, 0.05) is 30.8 Å². The van der Waals surface area contributed by atoms with Crippen LogP contribution in [0.3, 0.4) is 0 Å². The molecule has 2 heterocycles. The maximum absolute atomic E-state index is 9.81. The van der Waals surface area contributed by atoms with Crippen molar-refractivity contribution in [2.24, 2.45) is 0 Å². The van der Waals surface area contributed by atoms with Crippen molar-refractivity contribution in [1.29, 1.82) is 5.26 Å². The van der Waals surface area contributed by atoms with Gasteiger partial charge in [0.05, 0.1) is 24.4 Å². The first-order valence-corrected chi connectivity index (χ1v) is 11.2. The van der Waals surface area contributed by atoms with Crippen LogP contribution in [0.2, 0.25) is 0 Å². The first kappa shape index (κ1) is 22.9. The molecule has 2 N–H and O–H groups in total. The Balaban J connectivity index is 1.59. The van der Waals surface area contributed by atoms with Crippen LogP contribution >= 0.6 is 0 Å². The average Bonchev–Trinajstić information content (AvgIpc) is 3.21. The van der Waals surface area contributed by atoms with Gasteiger partial charge < -0.3 is 24.4 Å². The molecule has 0 saturated heterocycles. The molecular weight excluding hydrogens is 420 g/mol. The smallest absolute Gasteiger partial charge is 0.258 e. The van der Waals surface area contributed by atoms with Crippen LogP contribution in [0.4, 0.5) is 0 Å².